The van der Waals surface area contributed by atoms with Gasteiger partial charge in [-0.3, -0.25) is 14.4 Å². The molecule has 0 amide bonds. The highest BCUT2D eigenvalue weighted by atomic mass is 19.1. The van der Waals surface area contributed by atoms with Crippen molar-refractivity contribution in [1.29, 1.82) is 0 Å². The van der Waals surface area contributed by atoms with Gasteiger partial charge < -0.3 is 24.1 Å². The van der Waals surface area contributed by atoms with Crippen LogP contribution in [0.3, 0.4) is 0 Å². The Morgan fingerprint density at radius 1 is 0.952 bits per heavy atom. The van der Waals surface area contributed by atoms with E-state index in [0.717, 1.165) is 20.8 Å². The first-order valence-corrected chi connectivity index (χ1v) is 6.18. The fourth-order valence-corrected chi connectivity index (χ4v) is 1.99. The van der Waals surface area contributed by atoms with Gasteiger partial charge in [0.15, 0.2) is 18.3 Å². The predicted molar refractivity (Wildman–Crippen MR) is 63.5 cm³/mol. The molecule has 0 bridgehead atoms. The van der Waals surface area contributed by atoms with Crippen molar-refractivity contribution in [1.82, 2.24) is 0 Å². The van der Waals surface area contributed by atoms with Gasteiger partial charge in [0.2, 0.25) is 6.36 Å². The Bertz CT molecular complexity index is 412. The van der Waals surface area contributed by atoms with Gasteiger partial charge in [0.05, 0.1) is 6.61 Å². The predicted octanol–water partition coefficient (Wildman–Crippen LogP) is -0.532. The molecule has 9 heteroatoms. The first-order chi connectivity index (χ1) is 9.76. The molecule has 120 valence electrons. The molecule has 0 aliphatic carbocycles. The van der Waals surface area contributed by atoms with Crippen molar-refractivity contribution in [3.8, 4) is 0 Å². The van der Waals surface area contributed by atoms with Crippen molar-refractivity contribution >= 4 is 17.9 Å². The molecule has 0 aromatic carbocycles. The minimum Gasteiger partial charge on any atom is -0.456 e. The molecule has 1 aliphatic heterocycles. The van der Waals surface area contributed by atoms with E-state index in [4.69, 9.17) is 18.9 Å². The van der Waals surface area contributed by atoms with Crippen LogP contribution in [-0.2, 0) is 33.3 Å². The second-order valence-corrected chi connectivity index (χ2v) is 4.43. The number of hydrogen-bond donors (Lipinski definition) is 1. The standard InChI is InChI=1S/C12H17FO8/c1-5(15)18-9-8(4-14)21-12(13)11(20-7(3)17)10(9)19-6(2)16/h8-12,14H,4H2,1-3H3/t8-,9-,10+,11-,12?/m1/s1. The van der Waals surface area contributed by atoms with Crippen molar-refractivity contribution in [2.75, 3.05) is 6.61 Å². The molecule has 21 heavy (non-hydrogen) atoms. The Kier molecular flexibility index (Phi) is 6.03. The van der Waals surface area contributed by atoms with Crippen molar-refractivity contribution in [3.63, 3.8) is 0 Å². The van der Waals surface area contributed by atoms with E-state index < -0.39 is 55.3 Å². The summed E-state index contributed by atoms with van der Waals surface area (Å²) in [5.74, 6) is -2.37. The quantitative estimate of drug-likeness (QED) is 0.545. The highest BCUT2D eigenvalue weighted by Crippen LogP contribution is 2.29. The Morgan fingerprint density at radius 3 is 1.81 bits per heavy atom. The van der Waals surface area contributed by atoms with Gasteiger partial charge >= 0.3 is 17.9 Å². The normalized spacial score (nSPS) is 32.1. The summed E-state index contributed by atoms with van der Waals surface area (Å²) >= 11 is 0. The van der Waals surface area contributed by atoms with E-state index in [-0.39, 0.29) is 0 Å². The lowest BCUT2D eigenvalue weighted by Gasteiger charge is -2.41. The molecule has 1 rings (SSSR count). The van der Waals surface area contributed by atoms with Gasteiger partial charge in [0.25, 0.3) is 0 Å². The summed E-state index contributed by atoms with van der Waals surface area (Å²) in [5.41, 5.74) is 0. The first-order valence-electron chi connectivity index (χ1n) is 6.18. The zero-order valence-electron chi connectivity index (χ0n) is 11.8. The zero-order chi connectivity index (χ0) is 16.2. The number of rotatable bonds is 4. The number of aliphatic hydroxyl groups excluding tert-OH is 1. The number of esters is 3. The molecule has 1 N–H and O–H groups in total. The molecular weight excluding hydrogens is 291 g/mol. The molecule has 1 aliphatic rings. The van der Waals surface area contributed by atoms with E-state index in [9.17, 15) is 23.9 Å². The van der Waals surface area contributed by atoms with E-state index in [2.05, 4.69) is 0 Å². The molecule has 8 nitrogen and oxygen atoms in total. The van der Waals surface area contributed by atoms with Crippen molar-refractivity contribution in [2.45, 2.75) is 51.5 Å². The smallest absolute Gasteiger partial charge is 0.303 e. The third kappa shape index (κ3) is 4.64. The maximum absolute atomic E-state index is 13.9. The fourth-order valence-electron chi connectivity index (χ4n) is 1.99. The van der Waals surface area contributed by atoms with Gasteiger partial charge in [-0.05, 0) is 0 Å². The summed E-state index contributed by atoms with van der Waals surface area (Å²) < 4.78 is 33.3. The molecule has 0 spiro atoms. The molecule has 0 aromatic heterocycles. The zero-order valence-corrected chi connectivity index (χ0v) is 11.8. The molecule has 1 unspecified atom stereocenters. The second-order valence-electron chi connectivity index (χ2n) is 4.43. The summed E-state index contributed by atoms with van der Waals surface area (Å²) in [5, 5.41) is 9.18. The lowest BCUT2D eigenvalue weighted by atomic mass is 9.99. The number of ether oxygens (including phenoxy) is 4. The summed E-state index contributed by atoms with van der Waals surface area (Å²) in [6.07, 6.45) is -7.70. The fraction of sp³-hybridized carbons (Fsp3) is 0.750. The van der Waals surface area contributed by atoms with Crippen LogP contribution in [0, 0.1) is 0 Å². The van der Waals surface area contributed by atoms with Crippen molar-refractivity contribution < 1.29 is 42.8 Å². The van der Waals surface area contributed by atoms with E-state index in [0.29, 0.717) is 0 Å². The molecular formula is C12H17FO8. The Morgan fingerprint density at radius 2 is 1.38 bits per heavy atom. The van der Waals surface area contributed by atoms with Gasteiger partial charge in [-0.15, -0.1) is 0 Å². The topological polar surface area (TPSA) is 108 Å². The van der Waals surface area contributed by atoms with Crippen LogP contribution in [0.25, 0.3) is 0 Å². The Hall–Kier alpha value is -1.74. The number of alkyl halides is 1. The van der Waals surface area contributed by atoms with Gasteiger partial charge in [-0.1, -0.05) is 0 Å². The van der Waals surface area contributed by atoms with Gasteiger partial charge in [-0.25, -0.2) is 4.39 Å². The minimum atomic E-state index is -2.14. The van der Waals surface area contributed by atoms with Gasteiger partial charge in [0.1, 0.15) is 6.10 Å². The lowest BCUT2D eigenvalue weighted by molar-refractivity contribution is -0.276. The second kappa shape index (κ2) is 7.32. The van der Waals surface area contributed by atoms with Gasteiger partial charge in [-0.2, -0.15) is 0 Å². The van der Waals surface area contributed by atoms with Crippen molar-refractivity contribution in [2.24, 2.45) is 0 Å². The number of carbonyl (C=O) groups excluding carboxylic acids is 3. The lowest BCUT2D eigenvalue weighted by Crippen LogP contribution is -2.61. The molecule has 0 aromatic rings. The largest absolute Gasteiger partial charge is 0.456 e. The summed E-state index contributed by atoms with van der Waals surface area (Å²) in [7, 11) is 0. The van der Waals surface area contributed by atoms with Crippen LogP contribution in [0.15, 0.2) is 0 Å². The molecule has 1 fully saturated rings. The molecule has 0 saturated carbocycles. The maximum atomic E-state index is 13.9. The number of hydrogen-bond acceptors (Lipinski definition) is 8. The van der Waals surface area contributed by atoms with Gasteiger partial charge in [0, 0.05) is 20.8 Å². The van der Waals surface area contributed by atoms with Crippen LogP contribution in [0.1, 0.15) is 20.8 Å². The van der Waals surface area contributed by atoms with E-state index >= 15 is 0 Å². The summed E-state index contributed by atoms with van der Waals surface area (Å²) in [6.45, 7) is 2.51. The number of aliphatic hydroxyl groups is 1. The highest BCUT2D eigenvalue weighted by molar-refractivity contribution is 5.68. The maximum Gasteiger partial charge on any atom is 0.303 e. The monoisotopic (exact) mass is 308 g/mol. The first kappa shape index (κ1) is 17.3. The van der Waals surface area contributed by atoms with Crippen LogP contribution < -0.4 is 0 Å². The summed E-state index contributed by atoms with van der Waals surface area (Å²) in [6, 6.07) is 0. The molecule has 1 saturated heterocycles. The highest BCUT2D eigenvalue weighted by Gasteiger charge is 2.51. The third-order valence-electron chi connectivity index (χ3n) is 2.66. The SMILES string of the molecule is CC(=O)O[C@H]1[C@H](OC(C)=O)[C@@H](OC(C)=O)C(F)O[C@@H]1CO. The van der Waals surface area contributed by atoms with Crippen molar-refractivity contribution in [3.05, 3.63) is 0 Å². The van der Waals surface area contributed by atoms with Crippen LogP contribution in [-0.4, -0.2) is 60.4 Å². The van der Waals surface area contributed by atoms with E-state index in [1.165, 1.54) is 0 Å². The van der Waals surface area contributed by atoms with E-state index in [1.807, 2.05) is 0 Å². The van der Waals surface area contributed by atoms with Crippen LogP contribution >= 0.6 is 0 Å². The molecule has 5 atom stereocenters. The number of carbonyl (C=O) groups is 3. The van der Waals surface area contributed by atoms with Crippen LogP contribution in [0.2, 0.25) is 0 Å². The Labute approximate surface area is 120 Å². The average Bonchev–Trinajstić information content (AvgIpc) is 2.35. The minimum absolute atomic E-state index is 0.678. The Balaban J connectivity index is 3.08. The third-order valence-corrected chi connectivity index (χ3v) is 2.66. The average molecular weight is 308 g/mol. The molecule has 0 radical (unpaired) electrons. The van der Waals surface area contributed by atoms with Crippen LogP contribution in [0.5, 0.6) is 0 Å². The van der Waals surface area contributed by atoms with Crippen LogP contribution in [0.4, 0.5) is 4.39 Å². The summed E-state index contributed by atoms with van der Waals surface area (Å²) in [4.78, 5) is 33.3. The molecule has 1 heterocycles. The van der Waals surface area contributed by atoms with E-state index in [1.54, 1.807) is 0 Å². The number of halogens is 1.